The largest absolute Gasteiger partial charge is 0.395 e. The van der Waals surface area contributed by atoms with Crippen LogP contribution in [0.15, 0.2) is 78.3 Å². The lowest BCUT2D eigenvalue weighted by Crippen LogP contribution is -2.43. The van der Waals surface area contributed by atoms with Gasteiger partial charge < -0.3 is 21.7 Å². The van der Waals surface area contributed by atoms with Gasteiger partial charge in [-0.15, -0.1) is 11.3 Å². The fourth-order valence-electron chi connectivity index (χ4n) is 4.24. The minimum Gasteiger partial charge on any atom is -0.395 e. The van der Waals surface area contributed by atoms with Crippen molar-refractivity contribution in [3.8, 4) is 0 Å². The molecule has 0 saturated carbocycles. The monoisotopic (exact) mass is 574 g/mol. The molecular formula is C28H23FN6O3S2. The highest BCUT2D eigenvalue weighted by molar-refractivity contribution is 7.10. The number of hydrogen-bond donors (Lipinski definition) is 3. The molecule has 5 rings (SSSR count). The first-order chi connectivity index (χ1) is 19.3. The van der Waals surface area contributed by atoms with Crippen molar-refractivity contribution in [1.82, 2.24) is 19.6 Å². The van der Waals surface area contributed by atoms with E-state index >= 15 is 0 Å². The molecule has 5 N–H and O–H groups in total. The van der Waals surface area contributed by atoms with Crippen LogP contribution < -0.4 is 16.8 Å². The van der Waals surface area contributed by atoms with Gasteiger partial charge in [0.2, 0.25) is 5.91 Å². The van der Waals surface area contributed by atoms with E-state index in [-0.39, 0.29) is 35.2 Å². The van der Waals surface area contributed by atoms with Crippen LogP contribution in [0, 0.1) is 5.82 Å². The lowest BCUT2D eigenvalue weighted by molar-refractivity contribution is -0.126. The number of amides is 3. The number of benzene rings is 2. The average Bonchev–Trinajstić information content (AvgIpc) is 3.61. The molecule has 0 unspecified atom stereocenters. The van der Waals surface area contributed by atoms with E-state index in [0.29, 0.717) is 11.1 Å². The SMILES string of the molecule is NC(=O)c1nsc(C(=O)N(Cc2cccs2)[C@@H](C(=O)NCc2ccc(F)cc2)c2ccc3ncccc3c2)c1N. The van der Waals surface area contributed by atoms with Crippen LogP contribution in [0.2, 0.25) is 0 Å². The number of carbonyl (C=O) groups is 3. The van der Waals surface area contributed by atoms with Crippen molar-refractivity contribution in [2.24, 2.45) is 5.73 Å². The highest BCUT2D eigenvalue weighted by Gasteiger charge is 2.35. The first-order valence-corrected chi connectivity index (χ1v) is 13.7. The van der Waals surface area contributed by atoms with Crippen molar-refractivity contribution in [1.29, 1.82) is 0 Å². The molecule has 3 amide bonds. The number of carbonyl (C=O) groups excluding carboxylic acids is 3. The smallest absolute Gasteiger partial charge is 0.270 e. The van der Waals surface area contributed by atoms with Gasteiger partial charge in [0.15, 0.2) is 5.69 Å². The maximum absolute atomic E-state index is 14.1. The Morgan fingerprint density at radius 3 is 2.55 bits per heavy atom. The lowest BCUT2D eigenvalue weighted by atomic mass is 10.0. The summed E-state index contributed by atoms with van der Waals surface area (Å²) in [5.74, 6) is -2.28. The quantitative estimate of drug-likeness (QED) is 0.240. The summed E-state index contributed by atoms with van der Waals surface area (Å²) in [5, 5.41) is 5.54. The number of nitrogen functional groups attached to an aromatic ring is 1. The molecule has 5 aromatic rings. The Hall–Kier alpha value is -4.68. The van der Waals surface area contributed by atoms with Crippen LogP contribution in [-0.2, 0) is 17.9 Å². The molecule has 9 nitrogen and oxygen atoms in total. The summed E-state index contributed by atoms with van der Waals surface area (Å²) < 4.78 is 17.4. The van der Waals surface area contributed by atoms with E-state index in [9.17, 15) is 18.8 Å². The zero-order valence-electron chi connectivity index (χ0n) is 20.9. The van der Waals surface area contributed by atoms with E-state index < -0.39 is 23.8 Å². The molecule has 0 radical (unpaired) electrons. The van der Waals surface area contributed by atoms with Gasteiger partial charge in [-0.1, -0.05) is 30.3 Å². The number of hydrogen-bond acceptors (Lipinski definition) is 8. The fourth-order valence-corrected chi connectivity index (χ4v) is 5.70. The van der Waals surface area contributed by atoms with Gasteiger partial charge in [-0.25, -0.2) is 4.39 Å². The number of rotatable bonds is 9. The van der Waals surface area contributed by atoms with E-state index in [1.165, 1.54) is 28.4 Å². The number of nitrogens with two attached hydrogens (primary N) is 2. The van der Waals surface area contributed by atoms with Gasteiger partial charge >= 0.3 is 0 Å². The second-order valence-electron chi connectivity index (χ2n) is 8.85. The molecule has 3 heterocycles. The summed E-state index contributed by atoms with van der Waals surface area (Å²) in [7, 11) is 0. The van der Waals surface area contributed by atoms with Crippen molar-refractivity contribution in [2.75, 3.05) is 5.73 Å². The Labute approximate surface area is 236 Å². The van der Waals surface area contributed by atoms with Crippen LogP contribution in [-0.4, -0.2) is 32.0 Å². The minimum atomic E-state index is -1.10. The predicted molar refractivity (Wildman–Crippen MR) is 152 cm³/mol. The number of anilines is 1. The minimum absolute atomic E-state index is 0.00384. The fraction of sp³-hybridized carbons (Fsp3) is 0.107. The highest BCUT2D eigenvalue weighted by Crippen LogP contribution is 2.32. The van der Waals surface area contributed by atoms with Crippen molar-refractivity contribution < 1.29 is 18.8 Å². The molecule has 40 heavy (non-hydrogen) atoms. The van der Waals surface area contributed by atoms with E-state index in [2.05, 4.69) is 14.7 Å². The molecule has 0 fully saturated rings. The van der Waals surface area contributed by atoms with Crippen LogP contribution in [0.1, 0.15) is 42.2 Å². The van der Waals surface area contributed by atoms with E-state index in [1.807, 2.05) is 29.6 Å². The van der Waals surface area contributed by atoms with Crippen LogP contribution >= 0.6 is 22.9 Å². The maximum atomic E-state index is 14.1. The number of nitrogens with zero attached hydrogens (tertiary/aromatic N) is 3. The maximum Gasteiger partial charge on any atom is 0.270 e. The molecule has 2 aromatic carbocycles. The number of aromatic nitrogens is 2. The average molecular weight is 575 g/mol. The molecule has 1 atom stereocenters. The third kappa shape index (κ3) is 5.67. The Kier molecular flexibility index (Phi) is 7.80. The second-order valence-corrected chi connectivity index (χ2v) is 10.7. The van der Waals surface area contributed by atoms with Crippen molar-refractivity contribution >= 4 is 57.2 Å². The molecule has 0 aliphatic rings. The summed E-state index contributed by atoms with van der Waals surface area (Å²) >= 11 is 2.18. The number of halogens is 1. The predicted octanol–water partition coefficient (Wildman–Crippen LogP) is 4.27. The molecule has 202 valence electrons. The van der Waals surface area contributed by atoms with Gasteiger partial charge in [-0.2, -0.15) is 4.37 Å². The number of thiophene rings is 1. The number of pyridine rings is 1. The first kappa shape index (κ1) is 26.9. The first-order valence-electron chi connectivity index (χ1n) is 12.1. The summed E-state index contributed by atoms with van der Waals surface area (Å²) in [6.45, 7) is 0.194. The van der Waals surface area contributed by atoms with Crippen LogP contribution in [0.4, 0.5) is 10.1 Å². The van der Waals surface area contributed by atoms with Gasteiger partial charge in [0.1, 0.15) is 16.7 Å². The van der Waals surface area contributed by atoms with Crippen LogP contribution in [0.3, 0.4) is 0 Å². The third-order valence-corrected chi connectivity index (χ3v) is 7.92. The normalized spacial score (nSPS) is 11.7. The van der Waals surface area contributed by atoms with Crippen LogP contribution in [0.5, 0.6) is 0 Å². The Bertz CT molecular complexity index is 1690. The lowest BCUT2D eigenvalue weighted by Gasteiger charge is -2.31. The second kappa shape index (κ2) is 11.6. The Morgan fingerprint density at radius 2 is 1.85 bits per heavy atom. The number of primary amides is 1. The molecule has 0 saturated heterocycles. The van der Waals surface area contributed by atoms with Gasteiger partial charge in [-0.05, 0) is 64.4 Å². The molecule has 0 aliphatic carbocycles. The van der Waals surface area contributed by atoms with Crippen molar-refractivity contribution in [3.05, 3.63) is 111 Å². The van der Waals surface area contributed by atoms with Crippen molar-refractivity contribution in [2.45, 2.75) is 19.1 Å². The zero-order valence-corrected chi connectivity index (χ0v) is 22.5. The highest BCUT2D eigenvalue weighted by atomic mass is 32.1. The summed E-state index contributed by atoms with van der Waals surface area (Å²) in [6, 6.07) is 17.4. The van der Waals surface area contributed by atoms with Gasteiger partial charge in [0, 0.05) is 23.0 Å². The number of fused-ring (bicyclic) bond motifs is 1. The summed E-state index contributed by atoms with van der Waals surface area (Å²) in [4.78, 5) is 46.3. The molecule has 12 heteroatoms. The molecule has 0 bridgehead atoms. The molecule has 0 spiro atoms. The standard InChI is InChI=1S/C28H23FN6O3S2/c29-19-8-5-16(6-9-19)14-33-27(37)24(18-7-10-21-17(13-18)3-1-11-32-21)35(15-20-4-2-12-39-20)28(38)25-22(30)23(26(31)36)34-40-25/h1-13,24H,14-15,30H2,(H2,31,36)(H,33,37)/t24-/m1/s1. The molecule has 3 aromatic heterocycles. The zero-order chi connectivity index (χ0) is 28.2. The number of nitrogens with one attached hydrogen (secondary N) is 1. The third-order valence-electron chi connectivity index (χ3n) is 6.21. The van der Waals surface area contributed by atoms with Gasteiger partial charge in [0.25, 0.3) is 11.8 Å². The Balaban J connectivity index is 1.58. The van der Waals surface area contributed by atoms with E-state index in [4.69, 9.17) is 11.5 Å². The van der Waals surface area contributed by atoms with Gasteiger partial charge in [-0.3, -0.25) is 19.4 Å². The van der Waals surface area contributed by atoms with Gasteiger partial charge in [0.05, 0.1) is 17.7 Å². The topological polar surface area (TPSA) is 144 Å². The summed E-state index contributed by atoms with van der Waals surface area (Å²) in [6.07, 6.45) is 1.67. The Morgan fingerprint density at radius 1 is 1.05 bits per heavy atom. The molecule has 0 aliphatic heterocycles. The van der Waals surface area contributed by atoms with E-state index in [0.717, 1.165) is 27.3 Å². The van der Waals surface area contributed by atoms with Crippen molar-refractivity contribution in [3.63, 3.8) is 0 Å². The van der Waals surface area contributed by atoms with E-state index in [1.54, 1.807) is 36.5 Å². The van der Waals surface area contributed by atoms with Crippen LogP contribution in [0.25, 0.3) is 10.9 Å². The molecular weight excluding hydrogens is 551 g/mol. The summed E-state index contributed by atoms with van der Waals surface area (Å²) in [5.41, 5.74) is 13.1.